The molecule has 114 valence electrons. The van der Waals surface area contributed by atoms with E-state index in [1.165, 1.54) is 6.07 Å². The topological polar surface area (TPSA) is 34.4 Å². The quantitative estimate of drug-likeness (QED) is 0.872. The molecule has 0 fully saturated rings. The summed E-state index contributed by atoms with van der Waals surface area (Å²) in [6, 6.07) is 8.77. The lowest BCUT2D eigenvalue weighted by molar-refractivity contribution is 0.0908. The van der Waals surface area contributed by atoms with Crippen molar-refractivity contribution < 1.29 is 13.5 Å². The van der Waals surface area contributed by atoms with Crippen LogP contribution in [0.1, 0.15) is 37.7 Å². The summed E-state index contributed by atoms with van der Waals surface area (Å²) in [5.41, 5.74) is 1.64. The van der Waals surface area contributed by atoms with Crippen LogP contribution in [0.15, 0.2) is 41.0 Å². The molecule has 1 aromatic carbocycles. The molecule has 1 N–H and O–H groups in total. The maximum Gasteiger partial charge on any atom is 0.129 e. The van der Waals surface area contributed by atoms with Crippen LogP contribution in [0.2, 0.25) is 0 Å². The molecule has 1 heterocycles. The van der Waals surface area contributed by atoms with Gasteiger partial charge < -0.3 is 14.5 Å². The Morgan fingerprint density at radius 3 is 2.67 bits per heavy atom. The minimum Gasteiger partial charge on any atom is -0.467 e. The number of ether oxygens (including phenoxy) is 1. The molecule has 21 heavy (non-hydrogen) atoms. The van der Waals surface area contributed by atoms with E-state index in [4.69, 9.17) is 9.15 Å². The molecule has 2 rings (SSSR count). The molecule has 0 aliphatic rings. The van der Waals surface area contributed by atoms with E-state index >= 15 is 0 Å². The molecule has 0 spiro atoms. The number of rotatable bonds is 6. The standard InChI is InChI=1S/C17H22FNO2/c1-17(2,3)19-10-13-6-7-16(18)14(9-13)11-20-12-15-5-4-8-21-15/h4-9,19H,10-12H2,1-3H3. The van der Waals surface area contributed by atoms with E-state index in [0.717, 1.165) is 11.3 Å². The molecular formula is C17H22FNO2. The van der Waals surface area contributed by atoms with Crippen molar-refractivity contribution in [1.82, 2.24) is 5.32 Å². The summed E-state index contributed by atoms with van der Waals surface area (Å²) in [4.78, 5) is 0. The maximum absolute atomic E-state index is 13.8. The van der Waals surface area contributed by atoms with E-state index in [-0.39, 0.29) is 18.0 Å². The minimum absolute atomic E-state index is 0.0321. The summed E-state index contributed by atoms with van der Waals surface area (Å²) >= 11 is 0. The summed E-state index contributed by atoms with van der Waals surface area (Å²) in [7, 11) is 0. The Kier molecular flexibility index (Phi) is 5.15. The molecule has 0 radical (unpaired) electrons. The Morgan fingerprint density at radius 2 is 2.00 bits per heavy atom. The number of benzene rings is 1. The SMILES string of the molecule is CC(C)(C)NCc1ccc(F)c(COCc2ccco2)c1. The molecule has 0 bridgehead atoms. The van der Waals surface area contributed by atoms with E-state index in [0.29, 0.717) is 18.7 Å². The predicted molar refractivity (Wildman–Crippen MR) is 80.2 cm³/mol. The summed E-state index contributed by atoms with van der Waals surface area (Å²) in [6.07, 6.45) is 1.60. The van der Waals surface area contributed by atoms with Crippen LogP contribution >= 0.6 is 0 Å². The van der Waals surface area contributed by atoms with Gasteiger partial charge in [-0.25, -0.2) is 4.39 Å². The number of hydrogen-bond acceptors (Lipinski definition) is 3. The van der Waals surface area contributed by atoms with E-state index in [1.807, 2.05) is 12.1 Å². The third-order valence-electron chi connectivity index (χ3n) is 3.01. The molecular weight excluding hydrogens is 269 g/mol. The monoisotopic (exact) mass is 291 g/mol. The fourth-order valence-electron chi connectivity index (χ4n) is 1.87. The normalized spacial score (nSPS) is 11.8. The van der Waals surface area contributed by atoms with Crippen molar-refractivity contribution in [3.8, 4) is 0 Å². The van der Waals surface area contributed by atoms with Gasteiger partial charge >= 0.3 is 0 Å². The smallest absolute Gasteiger partial charge is 0.129 e. The van der Waals surface area contributed by atoms with E-state index < -0.39 is 0 Å². The highest BCUT2D eigenvalue weighted by Crippen LogP contribution is 2.14. The van der Waals surface area contributed by atoms with Crippen LogP contribution in [-0.4, -0.2) is 5.54 Å². The molecule has 0 saturated heterocycles. The highest BCUT2D eigenvalue weighted by Gasteiger charge is 2.10. The molecule has 0 unspecified atom stereocenters. The zero-order chi connectivity index (χ0) is 15.3. The highest BCUT2D eigenvalue weighted by atomic mass is 19.1. The summed E-state index contributed by atoms with van der Waals surface area (Å²) in [5, 5.41) is 3.39. The summed E-state index contributed by atoms with van der Waals surface area (Å²) in [5.74, 6) is 0.495. The average molecular weight is 291 g/mol. The Morgan fingerprint density at radius 1 is 1.19 bits per heavy atom. The average Bonchev–Trinajstić information content (AvgIpc) is 2.91. The molecule has 1 aromatic heterocycles. The lowest BCUT2D eigenvalue weighted by Crippen LogP contribution is -2.35. The Balaban J connectivity index is 1.92. The van der Waals surface area contributed by atoms with Gasteiger partial charge in [0.2, 0.25) is 0 Å². The van der Waals surface area contributed by atoms with Gasteiger partial charge in [0.1, 0.15) is 18.2 Å². The zero-order valence-corrected chi connectivity index (χ0v) is 12.8. The Hall–Kier alpha value is -1.65. The minimum atomic E-state index is -0.242. The van der Waals surface area contributed by atoms with E-state index in [9.17, 15) is 4.39 Å². The van der Waals surface area contributed by atoms with Gasteiger partial charge in [0.25, 0.3) is 0 Å². The van der Waals surface area contributed by atoms with Gasteiger partial charge in [-0.1, -0.05) is 6.07 Å². The van der Waals surface area contributed by atoms with Gasteiger partial charge in [0, 0.05) is 17.6 Å². The zero-order valence-electron chi connectivity index (χ0n) is 12.8. The first-order valence-corrected chi connectivity index (χ1v) is 7.06. The lowest BCUT2D eigenvalue weighted by Gasteiger charge is -2.20. The van der Waals surface area contributed by atoms with Crippen molar-refractivity contribution in [1.29, 1.82) is 0 Å². The molecule has 0 saturated carbocycles. The fourth-order valence-corrected chi connectivity index (χ4v) is 1.87. The van der Waals surface area contributed by atoms with Crippen molar-refractivity contribution in [3.63, 3.8) is 0 Å². The van der Waals surface area contributed by atoms with Gasteiger partial charge in [0.15, 0.2) is 0 Å². The van der Waals surface area contributed by atoms with Gasteiger partial charge in [-0.05, 0) is 50.6 Å². The van der Waals surface area contributed by atoms with Crippen LogP contribution in [0.25, 0.3) is 0 Å². The molecule has 0 aliphatic carbocycles. The van der Waals surface area contributed by atoms with Crippen LogP contribution in [-0.2, 0) is 24.5 Å². The molecule has 0 amide bonds. The first-order chi connectivity index (χ1) is 9.94. The van der Waals surface area contributed by atoms with Gasteiger partial charge in [-0.3, -0.25) is 0 Å². The second kappa shape index (κ2) is 6.87. The van der Waals surface area contributed by atoms with Crippen LogP contribution < -0.4 is 5.32 Å². The van der Waals surface area contributed by atoms with Gasteiger partial charge in [-0.2, -0.15) is 0 Å². The predicted octanol–water partition coefficient (Wildman–Crippen LogP) is 4.02. The second-order valence-corrected chi connectivity index (χ2v) is 6.10. The number of nitrogens with one attached hydrogen (secondary N) is 1. The van der Waals surface area contributed by atoms with Gasteiger partial charge in [-0.15, -0.1) is 0 Å². The van der Waals surface area contributed by atoms with Crippen LogP contribution in [0, 0.1) is 5.82 Å². The largest absolute Gasteiger partial charge is 0.467 e. The summed E-state index contributed by atoms with van der Waals surface area (Å²) in [6.45, 7) is 7.58. The van der Waals surface area contributed by atoms with Crippen molar-refractivity contribution in [2.75, 3.05) is 0 Å². The highest BCUT2D eigenvalue weighted by molar-refractivity contribution is 5.24. The number of halogens is 1. The fraction of sp³-hybridized carbons (Fsp3) is 0.412. The summed E-state index contributed by atoms with van der Waals surface area (Å²) < 4.78 is 24.4. The van der Waals surface area contributed by atoms with Crippen LogP contribution in [0.3, 0.4) is 0 Å². The van der Waals surface area contributed by atoms with E-state index in [2.05, 4.69) is 26.1 Å². The number of furan rings is 1. The van der Waals surface area contributed by atoms with Crippen molar-refractivity contribution in [2.24, 2.45) is 0 Å². The molecule has 2 aromatic rings. The van der Waals surface area contributed by atoms with Crippen LogP contribution in [0.5, 0.6) is 0 Å². The Bertz CT molecular complexity index is 559. The van der Waals surface area contributed by atoms with Crippen molar-refractivity contribution in [2.45, 2.75) is 46.1 Å². The Labute approximate surface area is 125 Å². The van der Waals surface area contributed by atoms with Gasteiger partial charge in [0.05, 0.1) is 12.9 Å². The second-order valence-electron chi connectivity index (χ2n) is 6.10. The molecule has 3 nitrogen and oxygen atoms in total. The van der Waals surface area contributed by atoms with Crippen molar-refractivity contribution in [3.05, 3.63) is 59.3 Å². The maximum atomic E-state index is 13.8. The van der Waals surface area contributed by atoms with Crippen LogP contribution in [0.4, 0.5) is 4.39 Å². The molecule has 0 atom stereocenters. The first-order valence-electron chi connectivity index (χ1n) is 7.06. The lowest BCUT2D eigenvalue weighted by atomic mass is 10.1. The molecule has 0 aliphatic heterocycles. The third kappa shape index (κ3) is 5.33. The molecule has 4 heteroatoms. The first kappa shape index (κ1) is 15.7. The third-order valence-corrected chi connectivity index (χ3v) is 3.01. The number of hydrogen-bond donors (Lipinski definition) is 1. The van der Waals surface area contributed by atoms with E-state index in [1.54, 1.807) is 18.4 Å². The van der Waals surface area contributed by atoms with Crippen molar-refractivity contribution >= 4 is 0 Å².